The molecule has 1 saturated heterocycles. The number of aliphatic imine (C=N–C) groups is 1. The zero-order chi connectivity index (χ0) is 16.8. The molecule has 0 spiro atoms. The van der Waals surface area contributed by atoms with E-state index in [1.807, 2.05) is 37.8 Å². The lowest BCUT2D eigenvalue weighted by atomic mass is 10.2. The summed E-state index contributed by atoms with van der Waals surface area (Å²) < 4.78 is 2.05. The standard InChI is InChI=1S/C17H23ClN6/c1-19-17(21-6-8-22-7-5-20-14-22)24-11-9-23(10-12-24)16-4-2-3-15(18)13-16/h2-5,7,13-14H,6,8-12H2,1H3,(H,19,21). The maximum atomic E-state index is 6.09. The van der Waals surface area contributed by atoms with E-state index in [2.05, 4.69) is 35.7 Å². The molecule has 0 bridgehead atoms. The molecule has 2 heterocycles. The molecule has 0 atom stereocenters. The topological polar surface area (TPSA) is 48.7 Å². The smallest absolute Gasteiger partial charge is 0.193 e. The van der Waals surface area contributed by atoms with E-state index >= 15 is 0 Å². The van der Waals surface area contributed by atoms with Crippen LogP contribution in [0.2, 0.25) is 5.02 Å². The Morgan fingerprint density at radius 3 is 2.79 bits per heavy atom. The van der Waals surface area contributed by atoms with Gasteiger partial charge in [-0.25, -0.2) is 4.98 Å². The number of anilines is 1. The summed E-state index contributed by atoms with van der Waals surface area (Å²) in [5, 5.41) is 4.21. The van der Waals surface area contributed by atoms with E-state index in [1.54, 1.807) is 6.20 Å². The molecule has 1 aromatic carbocycles. The fourth-order valence-corrected chi connectivity index (χ4v) is 3.08. The number of nitrogens with zero attached hydrogens (tertiary/aromatic N) is 5. The van der Waals surface area contributed by atoms with Gasteiger partial charge in [-0.2, -0.15) is 0 Å². The van der Waals surface area contributed by atoms with E-state index in [0.717, 1.165) is 50.3 Å². The van der Waals surface area contributed by atoms with Crippen LogP contribution >= 0.6 is 11.6 Å². The Balaban J connectivity index is 1.49. The van der Waals surface area contributed by atoms with Crippen molar-refractivity contribution in [3.63, 3.8) is 0 Å². The zero-order valence-corrected chi connectivity index (χ0v) is 14.7. The van der Waals surface area contributed by atoms with Crippen LogP contribution in [0.15, 0.2) is 48.0 Å². The zero-order valence-electron chi connectivity index (χ0n) is 13.9. The van der Waals surface area contributed by atoms with Crippen LogP contribution in [0.5, 0.6) is 0 Å². The third kappa shape index (κ3) is 4.20. The Morgan fingerprint density at radius 2 is 2.12 bits per heavy atom. The SMILES string of the molecule is CN=C(NCCn1ccnc1)N1CCN(c2cccc(Cl)c2)CC1. The minimum atomic E-state index is 0.784. The molecule has 1 aliphatic rings. The summed E-state index contributed by atoms with van der Waals surface area (Å²) in [6.07, 6.45) is 5.59. The summed E-state index contributed by atoms with van der Waals surface area (Å²) in [4.78, 5) is 13.1. The number of hydrogen-bond donors (Lipinski definition) is 1. The van der Waals surface area contributed by atoms with Crippen molar-refractivity contribution in [3.8, 4) is 0 Å². The van der Waals surface area contributed by atoms with E-state index in [4.69, 9.17) is 11.6 Å². The van der Waals surface area contributed by atoms with Crippen molar-refractivity contribution in [3.05, 3.63) is 48.0 Å². The van der Waals surface area contributed by atoms with Gasteiger partial charge in [-0.05, 0) is 18.2 Å². The highest BCUT2D eigenvalue weighted by atomic mass is 35.5. The summed E-state index contributed by atoms with van der Waals surface area (Å²) in [5.41, 5.74) is 1.19. The first-order valence-electron chi connectivity index (χ1n) is 8.18. The lowest BCUT2D eigenvalue weighted by molar-refractivity contribution is 0.372. The van der Waals surface area contributed by atoms with Crippen molar-refractivity contribution in [2.45, 2.75) is 6.54 Å². The number of nitrogens with one attached hydrogen (secondary N) is 1. The number of benzene rings is 1. The lowest BCUT2D eigenvalue weighted by Gasteiger charge is -2.37. The minimum absolute atomic E-state index is 0.784. The molecule has 0 radical (unpaired) electrons. The number of imidazole rings is 1. The van der Waals surface area contributed by atoms with Gasteiger partial charge < -0.3 is 19.7 Å². The average molecular weight is 347 g/mol. The second-order valence-electron chi connectivity index (χ2n) is 5.73. The predicted octanol–water partition coefficient (Wildman–Crippen LogP) is 1.93. The van der Waals surface area contributed by atoms with Crippen molar-refractivity contribution in [2.24, 2.45) is 4.99 Å². The van der Waals surface area contributed by atoms with E-state index in [0.29, 0.717) is 0 Å². The van der Waals surface area contributed by atoms with Crippen molar-refractivity contribution in [1.82, 2.24) is 19.8 Å². The van der Waals surface area contributed by atoms with Crippen LogP contribution in [-0.4, -0.2) is 60.2 Å². The molecule has 0 unspecified atom stereocenters. The molecule has 1 N–H and O–H groups in total. The van der Waals surface area contributed by atoms with Crippen molar-refractivity contribution in [1.29, 1.82) is 0 Å². The molecule has 0 saturated carbocycles. The Morgan fingerprint density at radius 1 is 1.29 bits per heavy atom. The Bertz CT molecular complexity index is 661. The molecule has 24 heavy (non-hydrogen) atoms. The van der Waals surface area contributed by atoms with Crippen LogP contribution in [0.3, 0.4) is 0 Å². The van der Waals surface area contributed by atoms with Gasteiger partial charge in [-0.1, -0.05) is 17.7 Å². The number of guanidine groups is 1. The summed E-state index contributed by atoms with van der Waals surface area (Å²) in [6.45, 7) is 5.51. The highest BCUT2D eigenvalue weighted by Crippen LogP contribution is 2.20. The van der Waals surface area contributed by atoms with Gasteiger partial charge in [0.05, 0.1) is 6.33 Å². The first-order valence-corrected chi connectivity index (χ1v) is 8.56. The van der Waals surface area contributed by atoms with Crippen molar-refractivity contribution < 1.29 is 0 Å². The van der Waals surface area contributed by atoms with Crippen LogP contribution in [0, 0.1) is 0 Å². The van der Waals surface area contributed by atoms with Crippen LogP contribution in [-0.2, 0) is 6.54 Å². The van der Waals surface area contributed by atoms with Gasteiger partial charge in [0.1, 0.15) is 0 Å². The van der Waals surface area contributed by atoms with E-state index in [9.17, 15) is 0 Å². The van der Waals surface area contributed by atoms with Crippen LogP contribution in [0.25, 0.3) is 0 Å². The number of rotatable bonds is 4. The van der Waals surface area contributed by atoms with Gasteiger partial charge in [0.2, 0.25) is 0 Å². The molecule has 0 amide bonds. The summed E-state index contributed by atoms with van der Waals surface area (Å²) in [7, 11) is 1.84. The molecule has 2 aromatic rings. The molecular weight excluding hydrogens is 324 g/mol. The molecule has 3 rings (SSSR count). The lowest BCUT2D eigenvalue weighted by Crippen LogP contribution is -2.52. The third-order valence-electron chi connectivity index (χ3n) is 4.18. The normalized spacial score (nSPS) is 15.7. The summed E-state index contributed by atoms with van der Waals surface area (Å²) >= 11 is 6.09. The largest absolute Gasteiger partial charge is 0.368 e. The molecule has 0 aliphatic carbocycles. The molecular formula is C17H23ClN6. The first-order chi connectivity index (χ1) is 11.8. The fraction of sp³-hybridized carbons (Fsp3) is 0.412. The first kappa shape index (κ1) is 16.6. The molecule has 128 valence electrons. The monoisotopic (exact) mass is 346 g/mol. The van der Waals surface area contributed by atoms with Crippen LogP contribution < -0.4 is 10.2 Å². The molecule has 1 aliphatic heterocycles. The number of aromatic nitrogens is 2. The predicted molar refractivity (Wildman–Crippen MR) is 98.8 cm³/mol. The maximum absolute atomic E-state index is 6.09. The number of piperazine rings is 1. The van der Waals surface area contributed by atoms with E-state index in [-0.39, 0.29) is 0 Å². The Labute approximate surface area is 147 Å². The molecule has 6 nitrogen and oxygen atoms in total. The quantitative estimate of drug-likeness (QED) is 0.679. The Kier molecular flexibility index (Phi) is 5.59. The second kappa shape index (κ2) is 8.06. The fourth-order valence-electron chi connectivity index (χ4n) is 2.90. The highest BCUT2D eigenvalue weighted by molar-refractivity contribution is 6.30. The van der Waals surface area contributed by atoms with Gasteiger partial charge in [-0.15, -0.1) is 0 Å². The average Bonchev–Trinajstić information content (AvgIpc) is 3.12. The van der Waals surface area contributed by atoms with Gasteiger partial charge in [0.15, 0.2) is 5.96 Å². The summed E-state index contributed by atoms with van der Waals surface area (Å²) in [6, 6.07) is 8.04. The number of halogens is 1. The molecule has 1 aromatic heterocycles. The van der Waals surface area contributed by atoms with Gasteiger partial charge in [0.25, 0.3) is 0 Å². The second-order valence-corrected chi connectivity index (χ2v) is 6.16. The Hall–Kier alpha value is -2.21. The third-order valence-corrected chi connectivity index (χ3v) is 4.41. The van der Waals surface area contributed by atoms with E-state index < -0.39 is 0 Å². The number of hydrogen-bond acceptors (Lipinski definition) is 3. The van der Waals surface area contributed by atoms with Crippen molar-refractivity contribution in [2.75, 3.05) is 44.7 Å². The molecule has 7 heteroatoms. The van der Waals surface area contributed by atoms with Gasteiger partial charge >= 0.3 is 0 Å². The van der Waals surface area contributed by atoms with Crippen LogP contribution in [0.4, 0.5) is 5.69 Å². The van der Waals surface area contributed by atoms with Crippen molar-refractivity contribution >= 4 is 23.2 Å². The highest BCUT2D eigenvalue weighted by Gasteiger charge is 2.19. The molecule has 1 fully saturated rings. The minimum Gasteiger partial charge on any atom is -0.368 e. The summed E-state index contributed by atoms with van der Waals surface area (Å²) in [5.74, 6) is 0.959. The van der Waals surface area contributed by atoms with Gasteiger partial charge in [0, 0.05) is 69.4 Å². The maximum Gasteiger partial charge on any atom is 0.193 e. The van der Waals surface area contributed by atoms with Crippen LogP contribution in [0.1, 0.15) is 0 Å². The van der Waals surface area contributed by atoms with E-state index in [1.165, 1.54) is 5.69 Å². The van der Waals surface area contributed by atoms with Gasteiger partial charge in [-0.3, -0.25) is 4.99 Å².